The van der Waals surface area contributed by atoms with Crippen LogP contribution in [0.5, 0.6) is 5.75 Å². The minimum Gasteiger partial charge on any atom is -0.506 e. The third kappa shape index (κ3) is 4.93. The molecule has 9 nitrogen and oxygen atoms in total. The molecule has 1 amide bonds. The molecular weight excluding hydrogens is 400 g/mol. The van der Waals surface area contributed by atoms with E-state index in [9.17, 15) is 19.5 Å². The van der Waals surface area contributed by atoms with Crippen LogP contribution in [0, 0.1) is 0 Å². The number of aromatic hydroxyl groups is 1. The molecule has 3 rings (SSSR count). The van der Waals surface area contributed by atoms with Crippen LogP contribution in [0.25, 0.3) is 16.5 Å². The minimum absolute atomic E-state index is 0.342. The van der Waals surface area contributed by atoms with Crippen LogP contribution in [-0.2, 0) is 16.6 Å². The summed E-state index contributed by atoms with van der Waals surface area (Å²) in [5.74, 6) is -1.92. The maximum atomic E-state index is 12.7. The molecule has 0 saturated heterocycles. The van der Waals surface area contributed by atoms with Crippen LogP contribution in [0.2, 0.25) is 0 Å². The van der Waals surface area contributed by atoms with E-state index in [1.165, 1.54) is 17.8 Å². The van der Waals surface area contributed by atoms with Crippen molar-refractivity contribution in [2.45, 2.75) is 32.8 Å². The van der Waals surface area contributed by atoms with Gasteiger partial charge in [0.05, 0.1) is 17.4 Å². The lowest BCUT2D eigenvalue weighted by Gasteiger charge is -2.22. The fourth-order valence-corrected chi connectivity index (χ4v) is 3.42. The third-order valence-corrected chi connectivity index (χ3v) is 5.04. The summed E-state index contributed by atoms with van der Waals surface area (Å²) in [6, 6.07) is 1.69. The predicted octanol–water partition coefficient (Wildman–Crippen LogP) is 1.43. The van der Waals surface area contributed by atoms with Crippen LogP contribution in [0.15, 0.2) is 23.1 Å². The standard InChI is InChI=1S/C22H28N4O5/c1-22(2,3)31-17(27)12-24-20(29)18-19(28)14-10-15(13-6-8-25(4)9-7-13)23-11-16(14)26(5)21(18)30/h6,10-11,28H,7-9,12H2,1-5H3,(H,24,29). The van der Waals surface area contributed by atoms with Crippen molar-refractivity contribution >= 4 is 28.4 Å². The first-order valence-corrected chi connectivity index (χ1v) is 10.1. The van der Waals surface area contributed by atoms with Gasteiger partial charge in [0.2, 0.25) is 0 Å². The highest BCUT2D eigenvalue weighted by Crippen LogP contribution is 2.29. The number of nitrogens with zero attached hydrogens (tertiary/aromatic N) is 3. The van der Waals surface area contributed by atoms with Crippen molar-refractivity contribution < 1.29 is 19.4 Å². The van der Waals surface area contributed by atoms with Crippen LogP contribution < -0.4 is 10.9 Å². The molecule has 1 aliphatic rings. The predicted molar refractivity (Wildman–Crippen MR) is 117 cm³/mol. The maximum Gasteiger partial charge on any atom is 0.325 e. The molecule has 0 radical (unpaired) electrons. The van der Waals surface area contributed by atoms with Gasteiger partial charge in [-0.3, -0.25) is 19.4 Å². The number of esters is 1. The Hall–Kier alpha value is -3.20. The number of aromatic nitrogens is 2. The Morgan fingerprint density at radius 2 is 2.00 bits per heavy atom. The molecule has 0 aromatic carbocycles. The molecule has 0 spiro atoms. The summed E-state index contributed by atoms with van der Waals surface area (Å²) in [5, 5.41) is 13.5. The number of nitrogens with one attached hydrogen (secondary N) is 1. The number of likely N-dealkylation sites (N-methyl/N-ethyl adjacent to an activating group) is 1. The van der Waals surface area contributed by atoms with Gasteiger partial charge in [0.15, 0.2) is 0 Å². The lowest BCUT2D eigenvalue weighted by Crippen LogP contribution is -2.37. The van der Waals surface area contributed by atoms with E-state index >= 15 is 0 Å². The molecule has 9 heteroatoms. The van der Waals surface area contributed by atoms with E-state index in [-0.39, 0.29) is 0 Å². The number of amides is 1. The quantitative estimate of drug-likeness (QED) is 0.708. The topological polar surface area (TPSA) is 114 Å². The zero-order chi connectivity index (χ0) is 22.9. The first-order valence-electron chi connectivity index (χ1n) is 10.1. The van der Waals surface area contributed by atoms with Crippen LogP contribution in [0.3, 0.4) is 0 Å². The van der Waals surface area contributed by atoms with Gasteiger partial charge in [-0.05, 0) is 45.9 Å². The molecule has 0 atom stereocenters. The van der Waals surface area contributed by atoms with E-state index in [4.69, 9.17) is 4.74 Å². The number of ether oxygens (including phenoxy) is 1. The molecule has 2 aromatic rings. The maximum absolute atomic E-state index is 12.7. The minimum atomic E-state index is -0.845. The van der Waals surface area contributed by atoms with Gasteiger partial charge < -0.3 is 24.6 Å². The van der Waals surface area contributed by atoms with Gasteiger partial charge in [0.1, 0.15) is 23.5 Å². The van der Waals surface area contributed by atoms with E-state index in [0.717, 1.165) is 25.1 Å². The molecule has 2 N–H and O–H groups in total. The number of rotatable bonds is 4. The summed E-state index contributed by atoms with van der Waals surface area (Å²) in [6.45, 7) is 6.41. The molecule has 0 fully saturated rings. The van der Waals surface area contributed by atoms with Gasteiger partial charge >= 0.3 is 5.97 Å². The monoisotopic (exact) mass is 428 g/mol. The summed E-state index contributed by atoms with van der Waals surface area (Å²) in [6.07, 6.45) is 4.41. The van der Waals surface area contributed by atoms with Gasteiger partial charge in [-0.25, -0.2) is 0 Å². The SMILES string of the molecule is CN1CC=C(c2cc3c(O)c(C(=O)NCC(=O)OC(C)(C)C)c(=O)n(C)c3cn2)CC1. The molecule has 166 valence electrons. The van der Waals surface area contributed by atoms with Crippen molar-refractivity contribution in [3.63, 3.8) is 0 Å². The summed E-state index contributed by atoms with van der Waals surface area (Å²) >= 11 is 0. The number of hydrogen-bond donors (Lipinski definition) is 2. The lowest BCUT2D eigenvalue weighted by atomic mass is 10.0. The van der Waals surface area contributed by atoms with Crippen molar-refractivity contribution in [2.75, 3.05) is 26.7 Å². The molecule has 2 aromatic heterocycles. The highest BCUT2D eigenvalue weighted by molar-refractivity contribution is 6.03. The molecule has 0 aliphatic carbocycles. The molecule has 0 saturated carbocycles. The highest BCUT2D eigenvalue weighted by atomic mass is 16.6. The second-order valence-corrected chi connectivity index (χ2v) is 8.69. The second kappa shape index (κ2) is 8.50. The molecule has 0 unspecified atom stereocenters. The van der Waals surface area contributed by atoms with Crippen LogP contribution >= 0.6 is 0 Å². The Morgan fingerprint density at radius 3 is 2.61 bits per heavy atom. The van der Waals surface area contributed by atoms with Crippen molar-refractivity contribution in [1.82, 2.24) is 19.8 Å². The normalized spacial score (nSPS) is 14.9. The molecular formula is C22H28N4O5. The zero-order valence-corrected chi connectivity index (χ0v) is 18.5. The summed E-state index contributed by atoms with van der Waals surface area (Å²) in [5.41, 5.74) is 0.338. The largest absolute Gasteiger partial charge is 0.506 e. The van der Waals surface area contributed by atoms with Gasteiger partial charge in [0, 0.05) is 25.5 Å². The first kappa shape index (κ1) is 22.5. The van der Waals surface area contributed by atoms with Gasteiger partial charge in [-0.15, -0.1) is 0 Å². The van der Waals surface area contributed by atoms with E-state index < -0.39 is 40.9 Å². The summed E-state index contributed by atoms with van der Waals surface area (Å²) in [7, 11) is 3.54. The lowest BCUT2D eigenvalue weighted by molar-refractivity contribution is -0.153. The highest BCUT2D eigenvalue weighted by Gasteiger charge is 2.24. The van der Waals surface area contributed by atoms with Crippen molar-refractivity contribution in [2.24, 2.45) is 7.05 Å². The van der Waals surface area contributed by atoms with Crippen molar-refractivity contribution in [3.8, 4) is 5.75 Å². The average molecular weight is 428 g/mol. The van der Waals surface area contributed by atoms with E-state index in [0.29, 0.717) is 16.6 Å². The smallest absolute Gasteiger partial charge is 0.325 e. The second-order valence-electron chi connectivity index (χ2n) is 8.69. The number of pyridine rings is 2. The number of hydrogen-bond acceptors (Lipinski definition) is 7. The number of carbonyl (C=O) groups is 2. The van der Waals surface area contributed by atoms with E-state index in [2.05, 4.69) is 21.3 Å². The number of fused-ring (bicyclic) bond motifs is 1. The number of aryl methyl sites for hydroxylation is 1. The molecule has 3 heterocycles. The zero-order valence-electron chi connectivity index (χ0n) is 18.5. The third-order valence-electron chi connectivity index (χ3n) is 5.04. The Morgan fingerprint density at radius 1 is 1.29 bits per heavy atom. The molecule has 1 aliphatic heterocycles. The van der Waals surface area contributed by atoms with Crippen molar-refractivity contribution in [3.05, 3.63) is 40.0 Å². The fraction of sp³-hybridized carbons (Fsp3) is 0.455. The fourth-order valence-electron chi connectivity index (χ4n) is 3.42. The van der Waals surface area contributed by atoms with Crippen LogP contribution in [-0.4, -0.2) is 63.7 Å². The Balaban J connectivity index is 1.95. The Kier molecular flexibility index (Phi) is 6.17. The number of carbonyl (C=O) groups excluding carboxylic acids is 2. The van der Waals surface area contributed by atoms with Crippen LogP contribution in [0.1, 0.15) is 43.2 Å². The summed E-state index contributed by atoms with van der Waals surface area (Å²) in [4.78, 5) is 43.9. The van der Waals surface area contributed by atoms with E-state index in [1.54, 1.807) is 26.8 Å². The van der Waals surface area contributed by atoms with E-state index in [1.807, 2.05) is 7.05 Å². The first-order chi connectivity index (χ1) is 14.5. The molecule has 0 bridgehead atoms. The summed E-state index contributed by atoms with van der Waals surface area (Å²) < 4.78 is 6.41. The van der Waals surface area contributed by atoms with Gasteiger partial charge in [0.25, 0.3) is 11.5 Å². The Bertz CT molecular complexity index is 1130. The average Bonchev–Trinajstić information content (AvgIpc) is 2.69. The van der Waals surface area contributed by atoms with Crippen molar-refractivity contribution in [1.29, 1.82) is 0 Å². The molecule has 31 heavy (non-hydrogen) atoms. The van der Waals surface area contributed by atoms with Gasteiger partial charge in [-0.2, -0.15) is 0 Å². The Labute approximate surface area is 180 Å². The van der Waals surface area contributed by atoms with Gasteiger partial charge in [-0.1, -0.05) is 6.08 Å². The van der Waals surface area contributed by atoms with Crippen LogP contribution in [0.4, 0.5) is 0 Å².